The number of β-amino-alcohol motifs (C(OH)–C–C–N with tert-alkyl or cyclic N) is 1. The molecule has 6 nitrogen and oxygen atoms in total. The summed E-state index contributed by atoms with van der Waals surface area (Å²) in [6, 6.07) is 14.2. The molecule has 31 heavy (non-hydrogen) atoms. The highest BCUT2D eigenvalue weighted by Gasteiger charge is 2.54. The van der Waals surface area contributed by atoms with Crippen LogP contribution in [0.2, 0.25) is 6.82 Å². The maximum atomic E-state index is 13.2. The van der Waals surface area contributed by atoms with E-state index in [1.807, 2.05) is 18.2 Å². The fourth-order valence-corrected chi connectivity index (χ4v) is 3.93. The summed E-state index contributed by atoms with van der Waals surface area (Å²) in [7, 11) is -1.05. The van der Waals surface area contributed by atoms with Crippen molar-refractivity contribution < 1.29 is 37.6 Å². The lowest BCUT2D eigenvalue weighted by Gasteiger charge is -2.37. The molecule has 1 aliphatic heterocycles. The van der Waals surface area contributed by atoms with Crippen LogP contribution >= 0.6 is 0 Å². The highest BCUT2D eigenvalue weighted by atomic mass is 19.4. The van der Waals surface area contributed by atoms with Gasteiger partial charge in [-0.15, -0.1) is 13.2 Å². The molecule has 1 aliphatic rings. The number of benzene rings is 2. The molecule has 1 saturated heterocycles. The number of aliphatic hydroxyl groups is 1. The first-order valence-electron chi connectivity index (χ1n) is 9.78. The molecule has 10 heteroatoms. The van der Waals surface area contributed by atoms with Gasteiger partial charge in [-0.2, -0.15) is 0 Å². The third-order valence-corrected chi connectivity index (χ3v) is 5.23. The number of carbonyl (C=O) groups is 1. The van der Waals surface area contributed by atoms with E-state index in [2.05, 4.69) is 4.74 Å². The Labute approximate surface area is 178 Å². The number of aliphatic hydroxyl groups excluding tert-OH is 1. The highest BCUT2D eigenvalue weighted by molar-refractivity contribution is 6.46. The lowest BCUT2D eigenvalue weighted by molar-refractivity contribution is -0.274. The smallest absolute Gasteiger partial charge is 0.459 e. The van der Waals surface area contributed by atoms with E-state index in [1.54, 1.807) is 12.1 Å². The molecule has 0 bridgehead atoms. The maximum absolute atomic E-state index is 13.2. The summed E-state index contributed by atoms with van der Waals surface area (Å²) < 4.78 is 46.6. The Balaban J connectivity index is 1.83. The topological polar surface area (TPSA) is 79.2 Å². The molecule has 1 fully saturated rings. The summed E-state index contributed by atoms with van der Waals surface area (Å²) in [6.07, 6.45) is -5.61. The standard InChI is InChI=1S/C21H23BF3NO5/c1-22(29)26-13-17(27)12-20(26,19(28)30-14-16-5-3-2-4-6-16)11-15-7-9-18(10-8-15)31-21(23,24)25/h2-10,17,27,29H,11-14H2,1H3/t17-,20-/m0/s1. The van der Waals surface area contributed by atoms with Crippen molar-refractivity contribution in [2.75, 3.05) is 6.54 Å². The minimum atomic E-state index is -4.80. The Morgan fingerprint density at radius 1 is 1.16 bits per heavy atom. The zero-order chi connectivity index (χ0) is 22.6. The Morgan fingerprint density at radius 3 is 2.39 bits per heavy atom. The second-order valence-electron chi connectivity index (χ2n) is 7.60. The van der Waals surface area contributed by atoms with Gasteiger partial charge in [0, 0.05) is 19.4 Å². The van der Waals surface area contributed by atoms with Crippen molar-refractivity contribution in [2.45, 2.75) is 44.3 Å². The van der Waals surface area contributed by atoms with Gasteiger partial charge in [-0.25, -0.2) is 0 Å². The highest BCUT2D eigenvalue weighted by Crippen LogP contribution is 2.36. The van der Waals surface area contributed by atoms with E-state index in [-0.39, 0.29) is 31.7 Å². The predicted octanol–water partition coefficient (Wildman–Crippen LogP) is 2.79. The SMILES string of the molecule is CB(O)N1C[C@@H](O)C[C@@]1(Cc1ccc(OC(F)(F)F)cc1)C(=O)OCc1ccccc1. The summed E-state index contributed by atoms with van der Waals surface area (Å²) in [4.78, 5) is 14.7. The zero-order valence-corrected chi connectivity index (χ0v) is 16.9. The second kappa shape index (κ2) is 9.29. The van der Waals surface area contributed by atoms with E-state index in [4.69, 9.17) is 4.74 Å². The van der Waals surface area contributed by atoms with Gasteiger partial charge < -0.3 is 19.6 Å². The molecular formula is C21H23BF3NO5. The molecule has 2 aromatic carbocycles. The van der Waals surface area contributed by atoms with Crippen LogP contribution in [0.3, 0.4) is 0 Å². The number of alkyl halides is 3. The molecule has 0 aromatic heterocycles. The summed E-state index contributed by atoms with van der Waals surface area (Å²) in [5, 5.41) is 20.5. The monoisotopic (exact) mass is 437 g/mol. The van der Waals surface area contributed by atoms with Crippen molar-refractivity contribution >= 4 is 13.0 Å². The van der Waals surface area contributed by atoms with Crippen molar-refractivity contribution in [1.82, 2.24) is 4.81 Å². The number of hydrogen-bond donors (Lipinski definition) is 2. The van der Waals surface area contributed by atoms with Gasteiger partial charge in [0.15, 0.2) is 0 Å². The van der Waals surface area contributed by atoms with Crippen LogP contribution in [-0.4, -0.2) is 52.5 Å². The first-order valence-corrected chi connectivity index (χ1v) is 9.78. The van der Waals surface area contributed by atoms with E-state index in [0.717, 1.165) is 17.7 Å². The van der Waals surface area contributed by atoms with Gasteiger partial charge in [0.25, 0.3) is 0 Å². The molecule has 2 aromatic rings. The van der Waals surface area contributed by atoms with Gasteiger partial charge in [-0.1, -0.05) is 42.5 Å². The number of carbonyl (C=O) groups excluding carboxylic acids is 1. The van der Waals surface area contributed by atoms with E-state index < -0.39 is 31.0 Å². The fraction of sp³-hybridized carbons (Fsp3) is 0.381. The van der Waals surface area contributed by atoms with Crippen LogP contribution in [0.15, 0.2) is 54.6 Å². The van der Waals surface area contributed by atoms with E-state index >= 15 is 0 Å². The second-order valence-corrected chi connectivity index (χ2v) is 7.60. The number of rotatable bonds is 7. The molecule has 3 rings (SSSR count). The first-order chi connectivity index (χ1) is 14.6. The van der Waals surface area contributed by atoms with Gasteiger partial charge in [0.2, 0.25) is 0 Å². The van der Waals surface area contributed by atoms with E-state index in [9.17, 15) is 28.1 Å². The molecular weight excluding hydrogens is 414 g/mol. The van der Waals surface area contributed by atoms with Gasteiger partial charge in [-0.05, 0) is 30.1 Å². The van der Waals surface area contributed by atoms with E-state index in [1.165, 1.54) is 23.8 Å². The lowest BCUT2D eigenvalue weighted by atomic mass is 9.76. The Hall–Kier alpha value is -2.56. The first kappa shape index (κ1) is 23.1. The van der Waals surface area contributed by atoms with Crippen molar-refractivity contribution in [3.63, 3.8) is 0 Å². The predicted molar refractivity (Wildman–Crippen MR) is 107 cm³/mol. The molecule has 0 unspecified atom stereocenters. The van der Waals surface area contributed by atoms with Gasteiger partial charge in [-0.3, -0.25) is 9.61 Å². The molecule has 2 atom stereocenters. The van der Waals surface area contributed by atoms with Gasteiger partial charge >= 0.3 is 19.4 Å². The Kier molecular flexibility index (Phi) is 6.93. The van der Waals surface area contributed by atoms with Crippen LogP contribution in [-0.2, 0) is 22.6 Å². The molecule has 0 aliphatic carbocycles. The largest absolute Gasteiger partial charge is 0.573 e. The van der Waals surface area contributed by atoms with E-state index in [0.29, 0.717) is 5.56 Å². The molecule has 2 N–H and O–H groups in total. The third-order valence-electron chi connectivity index (χ3n) is 5.23. The summed E-state index contributed by atoms with van der Waals surface area (Å²) >= 11 is 0. The van der Waals surface area contributed by atoms with Crippen LogP contribution in [0.25, 0.3) is 0 Å². The number of nitrogens with zero attached hydrogens (tertiary/aromatic N) is 1. The number of esters is 1. The number of halogens is 3. The van der Waals surface area contributed by atoms with Gasteiger partial charge in [0.05, 0.1) is 6.10 Å². The fourth-order valence-electron chi connectivity index (χ4n) is 3.93. The molecule has 0 saturated carbocycles. The average molecular weight is 437 g/mol. The van der Waals surface area contributed by atoms with Crippen molar-refractivity contribution in [2.24, 2.45) is 0 Å². The summed E-state index contributed by atoms with van der Waals surface area (Å²) in [5.41, 5.74) is -0.0536. The van der Waals surface area contributed by atoms with Crippen LogP contribution in [0.1, 0.15) is 17.5 Å². The molecule has 0 spiro atoms. The summed E-state index contributed by atoms with van der Waals surface area (Å²) in [5.74, 6) is -1.000. The molecule has 0 amide bonds. The van der Waals surface area contributed by atoms with Crippen molar-refractivity contribution in [1.29, 1.82) is 0 Å². The van der Waals surface area contributed by atoms with Crippen LogP contribution in [0.4, 0.5) is 13.2 Å². The van der Waals surface area contributed by atoms with Gasteiger partial charge in [0.1, 0.15) is 17.9 Å². The molecule has 166 valence electrons. The Bertz CT molecular complexity index is 879. The van der Waals surface area contributed by atoms with Crippen LogP contribution in [0, 0.1) is 0 Å². The maximum Gasteiger partial charge on any atom is 0.573 e. The quantitative estimate of drug-likeness (QED) is 0.513. The minimum absolute atomic E-state index is 0.0174. The molecule has 0 radical (unpaired) electrons. The third kappa shape index (κ3) is 5.78. The Morgan fingerprint density at radius 2 is 1.81 bits per heavy atom. The van der Waals surface area contributed by atoms with Crippen LogP contribution < -0.4 is 4.74 Å². The average Bonchev–Trinajstić information content (AvgIpc) is 3.05. The number of ether oxygens (including phenoxy) is 2. The minimum Gasteiger partial charge on any atom is -0.459 e. The molecule has 1 heterocycles. The number of hydrogen-bond acceptors (Lipinski definition) is 6. The van der Waals surface area contributed by atoms with Crippen LogP contribution in [0.5, 0.6) is 5.75 Å². The van der Waals surface area contributed by atoms with Crippen molar-refractivity contribution in [3.8, 4) is 5.75 Å². The lowest BCUT2D eigenvalue weighted by Crippen LogP contribution is -2.57. The van der Waals surface area contributed by atoms with Crippen molar-refractivity contribution in [3.05, 3.63) is 65.7 Å². The summed E-state index contributed by atoms with van der Waals surface area (Å²) in [6.45, 7) is 1.56. The zero-order valence-electron chi connectivity index (χ0n) is 16.9. The normalized spacial score (nSPS) is 21.7.